The standard InChI is InChI=1S/C64H112N12O14/c1-25-27-29-38(11)50-49-53(78)67-43(28-26-2)58(83)69(19)41(14)56(81)74(24)51(64(16,17)33-89-63(88)65-18)54(79)68-47(36(7)8)61(86)70(20)44(30-34(3)4)52(77)66-40(13)55(80)75-39(12)32-46(60(85)73(23)48(37(9)10)62(87)76(49)90-50)72(22)59(84)45(31-35(5)6)71(21)57(82)42(75)15/h25,27,34-51,59,84H,26,28-33H2,1-24H3,(H,65,88)(H,66,77)(H,67,78)(H,68,79)/b27-25+/t38-,39?,40+,41-,42-,43+,44+,45+,46+,47+,48+,49+,50-,51-,59?/m1/s1. The Morgan fingerprint density at radius 3 is 1.79 bits per heavy atom. The number of carbonyl (C=O) groups excluding carboxylic acids is 11. The zero-order valence-corrected chi connectivity index (χ0v) is 58.4. The quantitative estimate of drug-likeness (QED) is 0.156. The number of fused-ring (bicyclic) bond motifs is 4. The molecule has 0 radical (unpaired) electrons. The van der Waals surface area contributed by atoms with Gasteiger partial charge in [0.25, 0.3) is 5.91 Å². The third-order valence-corrected chi connectivity index (χ3v) is 18.2. The predicted octanol–water partition coefficient (Wildman–Crippen LogP) is 2.96. The molecule has 5 N–H and O–H groups in total. The molecule has 3 saturated heterocycles. The van der Waals surface area contributed by atoms with Crippen molar-refractivity contribution in [3.05, 3.63) is 12.2 Å². The lowest BCUT2D eigenvalue weighted by Gasteiger charge is -2.50. The minimum absolute atomic E-state index is 0.0714. The van der Waals surface area contributed by atoms with E-state index in [9.17, 15) is 29.1 Å². The van der Waals surface area contributed by atoms with E-state index in [1.54, 1.807) is 62.3 Å². The first-order chi connectivity index (χ1) is 41.7. The number of allylic oxidation sites excluding steroid dienone is 2. The molecular formula is C64H112N12O14. The molecule has 3 heterocycles. The Kier molecular flexibility index (Phi) is 28.8. The molecular weight excluding hydrogens is 1160 g/mol. The number of carbonyl (C=O) groups is 11. The zero-order chi connectivity index (χ0) is 69.0. The summed E-state index contributed by atoms with van der Waals surface area (Å²) in [6.07, 6.45) is 1.67. The minimum Gasteiger partial charge on any atom is -0.449 e. The van der Waals surface area contributed by atoms with Crippen LogP contribution in [0.4, 0.5) is 4.79 Å². The van der Waals surface area contributed by atoms with Crippen LogP contribution in [0.25, 0.3) is 0 Å². The van der Waals surface area contributed by atoms with Gasteiger partial charge in [0.2, 0.25) is 53.2 Å². The van der Waals surface area contributed by atoms with Crippen molar-refractivity contribution in [2.75, 3.05) is 55.9 Å². The molecule has 0 aliphatic carbocycles. The maximum Gasteiger partial charge on any atom is 0.406 e. The second kappa shape index (κ2) is 33.2. The summed E-state index contributed by atoms with van der Waals surface area (Å²) in [6.45, 7) is 28.7. The van der Waals surface area contributed by atoms with Gasteiger partial charge in [-0.2, -0.15) is 0 Å². The molecule has 3 rings (SSSR count). The van der Waals surface area contributed by atoms with E-state index in [0.717, 1.165) is 14.9 Å². The molecule has 0 spiro atoms. The highest BCUT2D eigenvalue weighted by Crippen LogP contribution is 2.35. The van der Waals surface area contributed by atoms with Crippen molar-refractivity contribution < 1.29 is 67.4 Å². The van der Waals surface area contributed by atoms with Gasteiger partial charge in [0.15, 0.2) is 6.04 Å². The highest BCUT2D eigenvalue weighted by atomic mass is 16.7. The number of alkyl carbamates (subject to hydrolysis) is 1. The molecule has 26 nitrogen and oxygen atoms in total. The molecule has 15 atom stereocenters. The molecule has 11 amide bonds. The number of hydrogen-bond donors (Lipinski definition) is 5. The Labute approximate surface area is 535 Å². The van der Waals surface area contributed by atoms with Gasteiger partial charge in [-0.1, -0.05) is 102 Å². The molecule has 3 fully saturated rings. The van der Waals surface area contributed by atoms with E-state index in [1.807, 2.05) is 53.7 Å². The average Bonchev–Trinajstić information content (AvgIpc) is 2.98. The van der Waals surface area contributed by atoms with Crippen molar-refractivity contribution in [2.24, 2.45) is 35.0 Å². The molecule has 26 heteroatoms. The third-order valence-electron chi connectivity index (χ3n) is 18.2. The number of amides is 11. The first-order valence-corrected chi connectivity index (χ1v) is 32.1. The normalized spacial score (nSPS) is 30.2. The van der Waals surface area contributed by atoms with Crippen LogP contribution >= 0.6 is 0 Å². The number of nitrogens with zero attached hydrogens (tertiary/aromatic N) is 8. The van der Waals surface area contributed by atoms with Crippen molar-refractivity contribution in [1.29, 1.82) is 0 Å². The topological polar surface area (TPSA) is 300 Å². The predicted molar refractivity (Wildman–Crippen MR) is 340 cm³/mol. The monoisotopic (exact) mass is 1270 g/mol. The van der Waals surface area contributed by atoms with Crippen LogP contribution in [0, 0.1) is 35.0 Å². The third kappa shape index (κ3) is 18.2. The first kappa shape index (κ1) is 77.8. The second-order valence-corrected chi connectivity index (χ2v) is 27.5. The summed E-state index contributed by atoms with van der Waals surface area (Å²) in [6, 6.07) is -15.0. The van der Waals surface area contributed by atoms with Crippen LogP contribution in [-0.2, 0) is 57.5 Å². The highest BCUT2D eigenvalue weighted by Gasteiger charge is 2.55. The summed E-state index contributed by atoms with van der Waals surface area (Å²) in [5.41, 5.74) is -1.39. The van der Waals surface area contributed by atoms with Crippen LogP contribution in [-0.4, -0.2) is 250 Å². The van der Waals surface area contributed by atoms with Crippen LogP contribution in [0.3, 0.4) is 0 Å². The summed E-state index contributed by atoms with van der Waals surface area (Å²) >= 11 is 0. The largest absolute Gasteiger partial charge is 0.449 e. The summed E-state index contributed by atoms with van der Waals surface area (Å²) in [5.74, 6) is -8.92. The molecule has 0 aromatic rings. The fourth-order valence-corrected chi connectivity index (χ4v) is 12.6. The van der Waals surface area contributed by atoms with Crippen molar-refractivity contribution in [1.82, 2.24) is 60.6 Å². The molecule has 512 valence electrons. The highest BCUT2D eigenvalue weighted by molar-refractivity contribution is 5.99. The second-order valence-electron chi connectivity index (χ2n) is 27.5. The number of ether oxygens (including phenoxy) is 1. The SMILES string of the molecule is C/C=C/C[C@@H](C)[C@H]1ON2C(=O)[C@H](C(C)C)N(C)C(=O)[C@@H]3CC(C)N(C(=O)[C@H](C)NC(=O)[C@H](CC(C)C)N(C)C(=O)[C@H](C(C)C)NC(=O)[C@H](C(C)(C)COC(=O)NC)N(C)C(=O)[C@@H](C)N(C)C(=O)[C@H](CCC)NC(=O)[C@H]12)[C@H](C)C(=O)N(C)[C@@H](CC(C)C)C(O)N3C. The van der Waals surface area contributed by atoms with E-state index in [0.29, 0.717) is 12.8 Å². The Bertz CT molecular complexity index is 2580. The van der Waals surface area contributed by atoms with Crippen molar-refractivity contribution in [3.63, 3.8) is 0 Å². The van der Waals surface area contributed by atoms with Gasteiger partial charge in [-0.15, -0.1) is 0 Å². The van der Waals surface area contributed by atoms with E-state index < -0.39 is 174 Å². The van der Waals surface area contributed by atoms with Crippen LogP contribution < -0.4 is 21.3 Å². The van der Waals surface area contributed by atoms with Crippen molar-refractivity contribution in [2.45, 2.75) is 241 Å². The van der Waals surface area contributed by atoms with E-state index in [4.69, 9.17) is 9.57 Å². The van der Waals surface area contributed by atoms with Gasteiger partial charge >= 0.3 is 6.09 Å². The Morgan fingerprint density at radius 1 is 0.689 bits per heavy atom. The van der Waals surface area contributed by atoms with Gasteiger partial charge in [0, 0.05) is 53.7 Å². The van der Waals surface area contributed by atoms with Crippen molar-refractivity contribution in [3.8, 4) is 0 Å². The number of rotatable bonds is 14. The summed E-state index contributed by atoms with van der Waals surface area (Å²) < 4.78 is 5.48. The van der Waals surface area contributed by atoms with Crippen LogP contribution in [0.2, 0.25) is 0 Å². The number of aliphatic hydroxyl groups is 1. The number of aliphatic hydroxyl groups excluding tert-OH is 1. The van der Waals surface area contributed by atoms with E-state index in [2.05, 4.69) is 21.3 Å². The maximum atomic E-state index is 15.6. The summed E-state index contributed by atoms with van der Waals surface area (Å²) in [5, 5.41) is 24.3. The van der Waals surface area contributed by atoms with Gasteiger partial charge in [-0.05, 0) is 103 Å². The molecule has 90 heavy (non-hydrogen) atoms. The smallest absolute Gasteiger partial charge is 0.406 e. The fraction of sp³-hybridized carbons (Fsp3) is 0.797. The zero-order valence-electron chi connectivity index (χ0n) is 58.4. The average molecular weight is 1270 g/mol. The number of likely N-dealkylation sites (N-methyl/N-ethyl adjacent to an activating group) is 6. The fourth-order valence-electron chi connectivity index (χ4n) is 12.6. The van der Waals surface area contributed by atoms with Gasteiger partial charge in [0.05, 0.1) is 12.1 Å². The van der Waals surface area contributed by atoms with Crippen LogP contribution in [0.1, 0.15) is 156 Å². The van der Waals surface area contributed by atoms with Gasteiger partial charge in [-0.3, -0.25) is 57.7 Å². The van der Waals surface area contributed by atoms with Crippen LogP contribution in [0.15, 0.2) is 12.2 Å². The number of hydrogen-bond acceptors (Lipinski definition) is 15. The van der Waals surface area contributed by atoms with Gasteiger partial charge in [0.1, 0.15) is 67.3 Å². The molecule has 2 unspecified atom stereocenters. The van der Waals surface area contributed by atoms with E-state index in [-0.39, 0.29) is 43.4 Å². The van der Waals surface area contributed by atoms with Crippen molar-refractivity contribution >= 4 is 65.2 Å². The summed E-state index contributed by atoms with van der Waals surface area (Å²) in [4.78, 5) is 179. The Balaban J connectivity index is 2.47. The lowest BCUT2D eigenvalue weighted by Crippen LogP contribution is -2.72. The Hall–Kier alpha value is -6.41. The van der Waals surface area contributed by atoms with E-state index in [1.165, 1.54) is 87.7 Å². The van der Waals surface area contributed by atoms with Gasteiger partial charge < -0.3 is 60.5 Å². The molecule has 2 bridgehead atoms. The van der Waals surface area contributed by atoms with E-state index >= 15 is 28.8 Å². The summed E-state index contributed by atoms with van der Waals surface area (Å²) in [7, 11) is 10.0. The number of nitrogens with one attached hydrogen (secondary N) is 4. The minimum atomic E-state index is -1.49. The molecule has 3 aliphatic heterocycles. The number of hydroxylamine groups is 2. The maximum absolute atomic E-state index is 15.6. The lowest BCUT2D eigenvalue weighted by molar-refractivity contribution is -0.321. The molecule has 3 aliphatic rings. The Morgan fingerprint density at radius 2 is 1.27 bits per heavy atom. The molecule has 0 saturated carbocycles. The molecule has 0 aromatic heterocycles. The first-order valence-electron chi connectivity index (χ1n) is 32.1. The molecule has 0 aromatic carbocycles. The lowest BCUT2D eigenvalue weighted by atomic mass is 9.83. The van der Waals surface area contributed by atoms with Gasteiger partial charge in [-0.25, -0.2) is 9.86 Å². The van der Waals surface area contributed by atoms with Crippen LogP contribution in [0.5, 0.6) is 0 Å².